The molecule has 20 heavy (non-hydrogen) atoms. The van der Waals surface area contributed by atoms with Gasteiger partial charge in [-0.3, -0.25) is 19.4 Å². The number of likely N-dealkylation sites (tertiary alicyclic amines) is 1. The van der Waals surface area contributed by atoms with Crippen molar-refractivity contribution in [1.82, 2.24) is 15.1 Å². The van der Waals surface area contributed by atoms with Crippen molar-refractivity contribution >= 4 is 17.9 Å². The van der Waals surface area contributed by atoms with E-state index >= 15 is 0 Å². The minimum atomic E-state index is -0.870. The van der Waals surface area contributed by atoms with Crippen molar-refractivity contribution in [3.63, 3.8) is 0 Å². The van der Waals surface area contributed by atoms with Crippen LogP contribution in [0.3, 0.4) is 0 Å². The van der Waals surface area contributed by atoms with Gasteiger partial charge < -0.3 is 10.4 Å². The van der Waals surface area contributed by atoms with Gasteiger partial charge in [0, 0.05) is 13.1 Å². The average Bonchev–Trinajstić information content (AvgIpc) is 2.57. The van der Waals surface area contributed by atoms with Gasteiger partial charge in [0.05, 0.1) is 0 Å². The summed E-state index contributed by atoms with van der Waals surface area (Å²) in [6, 6.07) is -0.901. The van der Waals surface area contributed by atoms with Gasteiger partial charge >= 0.3 is 12.0 Å². The van der Waals surface area contributed by atoms with E-state index in [-0.39, 0.29) is 12.5 Å². The average molecular weight is 283 g/mol. The summed E-state index contributed by atoms with van der Waals surface area (Å²) in [6.07, 6.45) is 2.49. The molecule has 112 valence electrons. The summed E-state index contributed by atoms with van der Waals surface area (Å²) in [4.78, 5) is 38.0. The fraction of sp³-hybridized carbons (Fsp3) is 0.769. The molecule has 0 aromatic rings. The van der Waals surface area contributed by atoms with E-state index in [4.69, 9.17) is 0 Å². The van der Waals surface area contributed by atoms with Crippen LogP contribution in [0, 0.1) is 0 Å². The Morgan fingerprint density at radius 2 is 2.05 bits per heavy atom. The molecule has 0 saturated carbocycles. The van der Waals surface area contributed by atoms with E-state index < -0.39 is 23.6 Å². The third kappa shape index (κ3) is 2.77. The number of amides is 3. The Balaban J connectivity index is 1.96. The standard InChI is InChI=1S/C13H21N3O4/c1-13(2)11(19)16(12(20)14-13)8-7-15-6-4-3-5-9(15)10(17)18/h9H,3-8H2,1-2H3,(H,14,20)(H,17,18). The van der Waals surface area contributed by atoms with Gasteiger partial charge in [0.25, 0.3) is 5.91 Å². The number of nitrogens with one attached hydrogen (secondary N) is 1. The lowest BCUT2D eigenvalue weighted by atomic mass is 10.0. The maximum absolute atomic E-state index is 12.0. The van der Waals surface area contributed by atoms with Gasteiger partial charge in [-0.1, -0.05) is 6.42 Å². The second-order valence-electron chi connectivity index (χ2n) is 5.90. The fourth-order valence-corrected chi connectivity index (χ4v) is 2.79. The van der Waals surface area contributed by atoms with Crippen molar-refractivity contribution < 1.29 is 19.5 Å². The fourth-order valence-electron chi connectivity index (χ4n) is 2.79. The lowest BCUT2D eigenvalue weighted by Gasteiger charge is -2.33. The molecule has 0 aliphatic carbocycles. The molecule has 2 aliphatic heterocycles. The predicted molar refractivity (Wildman–Crippen MR) is 71.2 cm³/mol. The third-order valence-electron chi connectivity index (χ3n) is 3.95. The van der Waals surface area contributed by atoms with Crippen LogP contribution in [0.2, 0.25) is 0 Å². The van der Waals surface area contributed by atoms with Gasteiger partial charge in [-0.05, 0) is 33.2 Å². The first-order valence-corrected chi connectivity index (χ1v) is 6.94. The number of piperidine rings is 1. The molecule has 2 saturated heterocycles. The number of aliphatic carboxylic acids is 1. The molecule has 0 aromatic carbocycles. The van der Waals surface area contributed by atoms with Crippen LogP contribution in [0.1, 0.15) is 33.1 Å². The summed E-state index contributed by atoms with van der Waals surface area (Å²) in [5.41, 5.74) is -0.870. The number of hydrogen-bond acceptors (Lipinski definition) is 4. The molecule has 2 heterocycles. The minimum absolute atomic E-state index is 0.234. The SMILES string of the molecule is CC1(C)NC(=O)N(CCN2CCCCC2C(=O)O)C1=O. The molecule has 3 amide bonds. The van der Waals surface area contributed by atoms with Crippen LogP contribution >= 0.6 is 0 Å². The van der Waals surface area contributed by atoms with Gasteiger partial charge in [-0.25, -0.2) is 4.79 Å². The summed E-state index contributed by atoms with van der Waals surface area (Å²) in [7, 11) is 0. The molecule has 0 aromatic heterocycles. The Kier molecular flexibility index (Phi) is 3.99. The number of carboxylic acid groups (broad SMARTS) is 1. The van der Waals surface area contributed by atoms with Gasteiger partial charge in [-0.2, -0.15) is 0 Å². The molecule has 1 unspecified atom stereocenters. The lowest BCUT2D eigenvalue weighted by Crippen LogP contribution is -2.48. The van der Waals surface area contributed by atoms with E-state index in [2.05, 4.69) is 5.32 Å². The smallest absolute Gasteiger partial charge is 0.325 e. The van der Waals surface area contributed by atoms with Crippen molar-refractivity contribution in [2.45, 2.75) is 44.7 Å². The van der Waals surface area contributed by atoms with Crippen LogP contribution < -0.4 is 5.32 Å². The summed E-state index contributed by atoms with van der Waals surface area (Å²) in [5.74, 6) is -1.09. The molecule has 2 N–H and O–H groups in total. The first-order chi connectivity index (χ1) is 9.33. The van der Waals surface area contributed by atoms with E-state index in [1.54, 1.807) is 13.8 Å². The number of imide groups is 1. The summed E-state index contributed by atoms with van der Waals surface area (Å²) < 4.78 is 0. The molecule has 2 rings (SSSR count). The van der Waals surface area contributed by atoms with Crippen LogP contribution in [0.4, 0.5) is 4.79 Å². The van der Waals surface area contributed by atoms with Gasteiger partial charge in [0.2, 0.25) is 0 Å². The lowest BCUT2D eigenvalue weighted by molar-refractivity contribution is -0.144. The van der Waals surface area contributed by atoms with Crippen LogP contribution in [0.15, 0.2) is 0 Å². The summed E-state index contributed by atoms with van der Waals surface area (Å²) in [5, 5.41) is 11.8. The Morgan fingerprint density at radius 3 is 2.60 bits per heavy atom. The topological polar surface area (TPSA) is 90.0 Å². The highest BCUT2D eigenvalue weighted by Gasteiger charge is 2.44. The molecule has 0 radical (unpaired) electrons. The summed E-state index contributed by atoms with van der Waals surface area (Å²) in [6.45, 7) is 4.66. The monoisotopic (exact) mass is 283 g/mol. The number of carbonyl (C=O) groups is 3. The second kappa shape index (κ2) is 5.40. The van der Waals surface area contributed by atoms with Crippen molar-refractivity contribution in [3.8, 4) is 0 Å². The maximum Gasteiger partial charge on any atom is 0.325 e. The van der Waals surface area contributed by atoms with Crippen LogP contribution in [-0.2, 0) is 9.59 Å². The molecular formula is C13H21N3O4. The molecular weight excluding hydrogens is 262 g/mol. The zero-order chi connectivity index (χ0) is 14.9. The van der Waals surface area contributed by atoms with E-state index in [1.165, 1.54) is 4.90 Å². The maximum atomic E-state index is 12.0. The van der Waals surface area contributed by atoms with Crippen LogP contribution in [-0.4, -0.2) is 64.0 Å². The molecule has 0 spiro atoms. The molecule has 7 nitrogen and oxygen atoms in total. The minimum Gasteiger partial charge on any atom is -0.480 e. The van der Waals surface area contributed by atoms with Gasteiger partial charge in [-0.15, -0.1) is 0 Å². The second-order valence-corrected chi connectivity index (χ2v) is 5.90. The van der Waals surface area contributed by atoms with Crippen molar-refractivity contribution in [2.75, 3.05) is 19.6 Å². The highest BCUT2D eigenvalue weighted by molar-refractivity contribution is 6.06. The first kappa shape index (κ1) is 14.8. The number of hydrogen-bond donors (Lipinski definition) is 2. The molecule has 7 heteroatoms. The van der Waals surface area contributed by atoms with Crippen molar-refractivity contribution in [3.05, 3.63) is 0 Å². The highest BCUT2D eigenvalue weighted by Crippen LogP contribution is 2.19. The number of rotatable bonds is 4. The molecule has 2 fully saturated rings. The van der Waals surface area contributed by atoms with E-state index in [1.807, 2.05) is 4.90 Å². The third-order valence-corrected chi connectivity index (χ3v) is 3.95. The van der Waals surface area contributed by atoms with Crippen molar-refractivity contribution in [1.29, 1.82) is 0 Å². The Labute approximate surface area is 117 Å². The van der Waals surface area contributed by atoms with E-state index in [0.29, 0.717) is 19.5 Å². The largest absolute Gasteiger partial charge is 0.480 e. The van der Waals surface area contributed by atoms with Crippen molar-refractivity contribution in [2.24, 2.45) is 0 Å². The zero-order valence-corrected chi connectivity index (χ0v) is 11.9. The Morgan fingerprint density at radius 1 is 1.35 bits per heavy atom. The van der Waals surface area contributed by atoms with Crippen LogP contribution in [0.5, 0.6) is 0 Å². The van der Waals surface area contributed by atoms with Gasteiger partial charge in [0.1, 0.15) is 11.6 Å². The number of carbonyl (C=O) groups excluding carboxylic acids is 2. The molecule has 0 bridgehead atoms. The highest BCUT2D eigenvalue weighted by atomic mass is 16.4. The quantitative estimate of drug-likeness (QED) is 0.722. The number of carboxylic acids is 1. The number of urea groups is 1. The predicted octanol–water partition coefficient (Wildman–Crippen LogP) is 0.256. The first-order valence-electron chi connectivity index (χ1n) is 6.94. The zero-order valence-electron chi connectivity index (χ0n) is 11.9. The number of nitrogens with zero attached hydrogens (tertiary/aromatic N) is 2. The molecule has 1 atom stereocenters. The Hall–Kier alpha value is -1.63. The normalized spacial score (nSPS) is 26.7. The Bertz CT molecular complexity index is 435. The van der Waals surface area contributed by atoms with Gasteiger partial charge in [0.15, 0.2) is 0 Å². The van der Waals surface area contributed by atoms with Crippen LogP contribution in [0.25, 0.3) is 0 Å². The summed E-state index contributed by atoms with van der Waals surface area (Å²) >= 11 is 0. The van der Waals surface area contributed by atoms with E-state index in [0.717, 1.165) is 12.8 Å². The van der Waals surface area contributed by atoms with E-state index in [9.17, 15) is 19.5 Å². The molecule has 2 aliphatic rings.